The molecular weight excluding hydrogens is 407 g/mol. The average Bonchev–Trinajstić information content (AvgIpc) is 3.21. The van der Waals surface area contributed by atoms with Gasteiger partial charge in [-0.25, -0.2) is 0 Å². The lowest BCUT2D eigenvalue weighted by molar-refractivity contribution is -0.139. The van der Waals surface area contributed by atoms with E-state index < -0.39 is 27.8 Å². The highest BCUT2D eigenvalue weighted by Crippen LogP contribution is 2.35. The molecule has 0 aromatic heterocycles. The maximum Gasteiger partial charge on any atom is 0.417 e. The smallest absolute Gasteiger partial charge is 0.417 e. The predicted molar refractivity (Wildman–Crippen MR) is 101 cm³/mol. The van der Waals surface area contributed by atoms with Crippen molar-refractivity contribution in [2.75, 3.05) is 19.7 Å². The van der Waals surface area contributed by atoms with Crippen LogP contribution in [0.3, 0.4) is 0 Å². The Morgan fingerprint density at radius 2 is 1.86 bits per heavy atom. The number of alkyl halides is 3. The molecule has 1 amide bonds. The van der Waals surface area contributed by atoms with Crippen molar-refractivity contribution >= 4 is 16.7 Å². The third kappa shape index (κ3) is 5.16. The highest BCUT2D eigenvalue weighted by Gasteiger charge is 2.38. The second-order valence-electron chi connectivity index (χ2n) is 6.63. The summed E-state index contributed by atoms with van der Waals surface area (Å²) in [5.74, 6) is 0.147. The number of hydrogen-bond acceptors (Lipinski definition) is 4. The van der Waals surface area contributed by atoms with E-state index in [9.17, 15) is 22.2 Å². The molecular formula is C20H20F3NO4S. The molecule has 1 N–H and O–H groups in total. The van der Waals surface area contributed by atoms with Gasteiger partial charge in [-0.3, -0.25) is 9.00 Å². The Kier molecular flexibility index (Phi) is 6.59. The van der Waals surface area contributed by atoms with Gasteiger partial charge in [-0.15, -0.1) is 0 Å². The summed E-state index contributed by atoms with van der Waals surface area (Å²) in [7, 11) is -1.88. The fraction of sp³-hybridized carbons (Fsp3) is 0.350. The third-order valence-electron chi connectivity index (χ3n) is 4.68. The van der Waals surface area contributed by atoms with Gasteiger partial charge in [-0.05, 0) is 36.2 Å². The maximum absolute atomic E-state index is 13.2. The van der Waals surface area contributed by atoms with Gasteiger partial charge in [0.1, 0.15) is 5.75 Å². The molecule has 3 rings (SSSR count). The monoisotopic (exact) mass is 427 g/mol. The topological polar surface area (TPSA) is 66.8 Å². The molecule has 156 valence electrons. The standard InChI is InChI=1S/C20H20F3NO4S/c21-20(22,23)17-3-1-2-4-18(17)29(27)16-9-10-24(11-16)19(26)13-28-15-7-5-14(12-25)6-8-15/h1-8,16,25H,9-13H2/t16-,29-/m0/s1. The largest absolute Gasteiger partial charge is 0.484 e. The van der Waals surface area contributed by atoms with Crippen LogP contribution in [0.2, 0.25) is 0 Å². The minimum Gasteiger partial charge on any atom is -0.484 e. The molecule has 29 heavy (non-hydrogen) atoms. The van der Waals surface area contributed by atoms with Crippen LogP contribution in [0.4, 0.5) is 13.2 Å². The van der Waals surface area contributed by atoms with Crippen LogP contribution in [0.1, 0.15) is 17.5 Å². The SMILES string of the molecule is O=C(COc1ccc(CO)cc1)N1CC[C@H]([S@](=O)c2ccccc2C(F)(F)F)C1. The molecule has 1 fully saturated rings. The van der Waals surface area contributed by atoms with E-state index in [2.05, 4.69) is 0 Å². The molecule has 0 radical (unpaired) electrons. The van der Waals surface area contributed by atoms with Crippen LogP contribution in [0.25, 0.3) is 0 Å². The van der Waals surface area contributed by atoms with Crippen molar-refractivity contribution in [2.24, 2.45) is 0 Å². The van der Waals surface area contributed by atoms with E-state index in [1.807, 2.05) is 0 Å². The molecule has 5 nitrogen and oxygen atoms in total. The second kappa shape index (κ2) is 8.96. The van der Waals surface area contributed by atoms with E-state index in [1.165, 1.54) is 23.1 Å². The van der Waals surface area contributed by atoms with E-state index in [4.69, 9.17) is 9.84 Å². The molecule has 0 unspecified atom stereocenters. The number of rotatable bonds is 6. The van der Waals surface area contributed by atoms with E-state index in [0.717, 1.165) is 6.07 Å². The number of carbonyl (C=O) groups excluding carboxylic acids is 1. The second-order valence-corrected chi connectivity index (χ2v) is 8.33. The summed E-state index contributed by atoms with van der Waals surface area (Å²) < 4.78 is 57.7. The quantitative estimate of drug-likeness (QED) is 0.770. The number of carbonyl (C=O) groups is 1. The van der Waals surface area contributed by atoms with Gasteiger partial charge >= 0.3 is 6.18 Å². The first-order valence-corrected chi connectivity index (χ1v) is 10.2. The van der Waals surface area contributed by atoms with Crippen LogP contribution in [-0.2, 0) is 28.4 Å². The van der Waals surface area contributed by atoms with Crippen LogP contribution in [0.5, 0.6) is 5.75 Å². The van der Waals surface area contributed by atoms with Gasteiger partial charge in [-0.2, -0.15) is 13.2 Å². The lowest BCUT2D eigenvalue weighted by atomic mass is 10.2. The van der Waals surface area contributed by atoms with Crippen molar-refractivity contribution in [1.82, 2.24) is 4.90 Å². The van der Waals surface area contributed by atoms with Crippen molar-refractivity contribution in [3.63, 3.8) is 0 Å². The Morgan fingerprint density at radius 3 is 2.52 bits per heavy atom. The summed E-state index contributed by atoms with van der Waals surface area (Å²) in [5, 5.41) is 8.45. The number of halogens is 3. The van der Waals surface area contributed by atoms with Gasteiger partial charge in [-0.1, -0.05) is 24.3 Å². The Bertz CT molecular complexity index is 886. The molecule has 0 aliphatic carbocycles. The number of hydrogen-bond donors (Lipinski definition) is 1. The summed E-state index contributed by atoms with van der Waals surface area (Å²) >= 11 is 0. The zero-order valence-corrected chi connectivity index (χ0v) is 16.2. The molecule has 0 saturated carbocycles. The first-order valence-electron chi connectivity index (χ1n) is 8.96. The number of amides is 1. The lowest BCUT2D eigenvalue weighted by Crippen LogP contribution is -2.34. The number of aliphatic hydroxyl groups is 1. The van der Waals surface area contributed by atoms with Crippen molar-refractivity contribution in [2.45, 2.75) is 29.3 Å². The first-order chi connectivity index (χ1) is 13.8. The van der Waals surface area contributed by atoms with Gasteiger partial charge in [0, 0.05) is 13.1 Å². The molecule has 0 spiro atoms. The minimum absolute atomic E-state index is 0.0943. The van der Waals surface area contributed by atoms with Gasteiger partial charge in [0.2, 0.25) is 0 Å². The van der Waals surface area contributed by atoms with Gasteiger partial charge in [0.05, 0.1) is 33.1 Å². The molecule has 9 heteroatoms. The number of ether oxygens (including phenoxy) is 1. The molecule has 2 aromatic rings. The zero-order chi connectivity index (χ0) is 21.0. The minimum atomic E-state index is -4.58. The highest BCUT2D eigenvalue weighted by atomic mass is 32.2. The maximum atomic E-state index is 13.2. The fourth-order valence-electron chi connectivity index (χ4n) is 3.11. The molecule has 2 atom stereocenters. The van der Waals surface area contributed by atoms with Crippen molar-refractivity contribution in [1.29, 1.82) is 0 Å². The first kappa shape index (κ1) is 21.3. The number of benzene rings is 2. The Balaban J connectivity index is 1.59. The highest BCUT2D eigenvalue weighted by molar-refractivity contribution is 7.85. The zero-order valence-electron chi connectivity index (χ0n) is 15.4. The molecule has 1 saturated heterocycles. The summed E-state index contributed by atoms with van der Waals surface area (Å²) in [6.07, 6.45) is -4.23. The van der Waals surface area contributed by atoms with Gasteiger partial charge in [0.25, 0.3) is 5.91 Å². The molecule has 1 heterocycles. The van der Waals surface area contributed by atoms with E-state index in [-0.39, 0.29) is 30.6 Å². The number of likely N-dealkylation sites (tertiary alicyclic amines) is 1. The van der Waals surface area contributed by atoms with Crippen LogP contribution in [-0.4, -0.2) is 45.1 Å². The molecule has 2 aromatic carbocycles. The van der Waals surface area contributed by atoms with E-state index in [0.29, 0.717) is 24.3 Å². The lowest BCUT2D eigenvalue weighted by Gasteiger charge is -2.18. The van der Waals surface area contributed by atoms with Crippen LogP contribution in [0, 0.1) is 0 Å². The predicted octanol–water partition coefficient (Wildman–Crippen LogP) is 2.99. The summed E-state index contributed by atoms with van der Waals surface area (Å²) in [4.78, 5) is 13.6. The van der Waals surface area contributed by atoms with Crippen LogP contribution < -0.4 is 4.74 Å². The summed E-state index contributed by atoms with van der Waals surface area (Å²) in [6.45, 7) is 0.112. The average molecular weight is 427 g/mol. The van der Waals surface area contributed by atoms with Gasteiger partial charge < -0.3 is 14.7 Å². The third-order valence-corrected chi connectivity index (χ3v) is 6.46. The summed E-state index contributed by atoms with van der Waals surface area (Å²) in [6, 6.07) is 11.4. The van der Waals surface area contributed by atoms with E-state index >= 15 is 0 Å². The molecule has 1 aliphatic heterocycles. The normalized spacial score (nSPS) is 17.9. The van der Waals surface area contributed by atoms with Gasteiger partial charge in [0.15, 0.2) is 6.61 Å². The molecule has 0 bridgehead atoms. The van der Waals surface area contributed by atoms with Crippen molar-refractivity contribution < 1.29 is 32.0 Å². The number of nitrogens with zero attached hydrogens (tertiary/aromatic N) is 1. The van der Waals surface area contributed by atoms with Crippen LogP contribution in [0.15, 0.2) is 53.4 Å². The number of aliphatic hydroxyl groups excluding tert-OH is 1. The summed E-state index contributed by atoms with van der Waals surface area (Å²) in [5.41, 5.74) is -0.189. The Hall–Kier alpha value is -2.39. The van der Waals surface area contributed by atoms with Crippen LogP contribution >= 0.6 is 0 Å². The Labute approximate surface area is 168 Å². The molecule has 1 aliphatic rings. The fourth-order valence-corrected chi connectivity index (χ4v) is 4.72. The van der Waals surface area contributed by atoms with Crippen molar-refractivity contribution in [3.8, 4) is 5.75 Å². The Morgan fingerprint density at radius 1 is 1.17 bits per heavy atom. The van der Waals surface area contributed by atoms with Crippen molar-refractivity contribution in [3.05, 3.63) is 59.7 Å². The van der Waals surface area contributed by atoms with E-state index in [1.54, 1.807) is 24.3 Å².